The number of hydrogen-bond donors (Lipinski definition) is 2. The molecule has 0 aliphatic carbocycles. The number of nitrogen functional groups attached to an aromatic ring is 1. The van der Waals surface area contributed by atoms with Crippen LogP contribution >= 0.6 is 0 Å². The van der Waals surface area contributed by atoms with Crippen molar-refractivity contribution in [3.8, 4) is 0 Å². The van der Waals surface area contributed by atoms with Crippen LogP contribution in [0.5, 0.6) is 0 Å². The van der Waals surface area contributed by atoms with Crippen molar-refractivity contribution < 1.29 is 9.59 Å². The van der Waals surface area contributed by atoms with Gasteiger partial charge in [0.05, 0.1) is 6.04 Å². The van der Waals surface area contributed by atoms with E-state index in [1.165, 1.54) is 12.8 Å². The lowest BCUT2D eigenvalue weighted by Gasteiger charge is -2.06. The number of aldehydes is 1. The number of benzene rings is 1. The van der Waals surface area contributed by atoms with Crippen LogP contribution in [0.4, 0.5) is 5.69 Å². The Hall–Kier alpha value is -1.68. The molecule has 0 fully saturated rings. The van der Waals surface area contributed by atoms with E-state index in [-0.39, 0.29) is 0 Å². The maximum atomic E-state index is 11.2. The highest BCUT2D eigenvalue weighted by Crippen LogP contribution is 2.27. The molecule has 3 N–H and O–H groups in total. The highest BCUT2D eigenvalue weighted by molar-refractivity contribution is 6.27. The van der Waals surface area contributed by atoms with E-state index < -0.39 is 11.8 Å². The third kappa shape index (κ3) is 3.40. The summed E-state index contributed by atoms with van der Waals surface area (Å²) in [5.41, 5.74) is 8.06. The van der Waals surface area contributed by atoms with Crippen molar-refractivity contribution in [1.29, 1.82) is 0 Å². The number of carbonyl (C=O) groups is 2. The normalized spacial score (nSPS) is 16.4. The summed E-state index contributed by atoms with van der Waals surface area (Å²) in [6.45, 7) is 4.97. The highest BCUT2D eigenvalue weighted by atomic mass is 16.2. The summed E-state index contributed by atoms with van der Waals surface area (Å²) in [7, 11) is 0. The van der Waals surface area contributed by atoms with Gasteiger partial charge in [-0.3, -0.25) is 14.9 Å². The molecule has 1 heterocycles. The molecule has 0 bridgehead atoms. The number of hydrogen-bond acceptors (Lipinski definition) is 4. The number of nitrogens with one attached hydrogen (secondary N) is 1. The largest absolute Gasteiger partial charge is 0.399 e. The van der Waals surface area contributed by atoms with E-state index in [4.69, 9.17) is 5.73 Å². The van der Waals surface area contributed by atoms with Gasteiger partial charge in [0.25, 0.3) is 0 Å². The van der Waals surface area contributed by atoms with Gasteiger partial charge >= 0.3 is 0 Å². The van der Waals surface area contributed by atoms with Crippen molar-refractivity contribution in [1.82, 2.24) is 5.32 Å². The number of rotatable bonds is 3. The minimum Gasteiger partial charge on any atom is -0.399 e. The Morgan fingerprint density at radius 3 is 2.67 bits per heavy atom. The van der Waals surface area contributed by atoms with Crippen LogP contribution in [0.25, 0.3) is 0 Å². The van der Waals surface area contributed by atoms with Gasteiger partial charge in [0.15, 0.2) is 6.29 Å². The van der Waals surface area contributed by atoms with Gasteiger partial charge in [-0.25, -0.2) is 0 Å². The molecule has 1 aliphatic rings. The van der Waals surface area contributed by atoms with Crippen molar-refractivity contribution in [2.45, 2.75) is 39.3 Å². The molecule has 1 aromatic rings. The van der Waals surface area contributed by atoms with Gasteiger partial charge in [-0.05, 0) is 23.3 Å². The lowest BCUT2D eigenvalue weighted by atomic mass is 10.0. The molecule has 1 aromatic carbocycles. The summed E-state index contributed by atoms with van der Waals surface area (Å²) in [6.07, 6.45) is 2.98. The Balaban J connectivity index is 0.000000357. The van der Waals surface area contributed by atoms with Crippen LogP contribution in [0.2, 0.25) is 0 Å². The Bertz CT molecular complexity index is 428. The quantitative estimate of drug-likeness (QED) is 0.487. The first-order valence-electron chi connectivity index (χ1n) is 6.24. The topological polar surface area (TPSA) is 72.2 Å². The van der Waals surface area contributed by atoms with Crippen molar-refractivity contribution in [3.05, 3.63) is 29.3 Å². The summed E-state index contributed by atoms with van der Waals surface area (Å²) in [5.74, 6) is -0.450. The zero-order valence-electron chi connectivity index (χ0n) is 10.9. The summed E-state index contributed by atoms with van der Waals surface area (Å²) >= 11 is 0. The fraction of sp³-hybridized carbons (Fsp3) is 0.429. The molecule has 98 valence electrons. The summed E-state index contributed by atoms with van der Waals surface area (Å²) in [5, 5.41) is 2.96. The lowest BCUT2D eigenvalue weighted by Crippen LogP contribution is -2.22. The standard InChI is InChI=1S/C10H10N2O2.C4H10/c11-7-2-1-6-4-12-10(8(6)3-7)9(14)5-13;1-3-4-2/h1-3,5,10,12H,4,11H2;3-4H2,1-2H3. The van der Waals surface area contributed by atoms with Gasteiger partial charge in [0.2, 0.25) is 5.78 Å². The van der Waals surface area contributed by atoms with Crippen LogP contribution < -0.4 is 11.1 Å². The SMILES string of the molecule is CCCC.Nc1ccc2c(c1)C(C(=O)C=O)NC2. The molecular weight excluding hydrogens is 228 g/mol. The second-order valence-electron chi connectivity index (χ2n) is 4.29. The number of fused-ring (bicyclic) bond motifs is 1. The maximum absolute atomic E-state index is 11.2. The molecule has 0 saturated heterocycles. The lowest BCUT2D eigenvalue weighted by molar-refractivity contribution is -0.131. The molecule has 0 aromatic heterocycles. The molecule has 1 aliphatic heterocycles. The molecular formula is C14H20N2O2. The zero-order valence-corrected chi connectivity index (χ0v) is 10.9. The van der Waals surface area contributed by atoms with Crippen LogP contribution in [0.15, 0.2) is 18.2 Å². The van der Waals surface area contributed by atoms with Crippen LogP contribution in [0, 0.1) is 0 Å². The van der Waals surface area contributed by atoms with Gasteiger partial charge in [-0.15, -0.1) is 0 Å². The average molecular weight is 248 g/mol. The fourth-order valence-corrected chi connectivity index (χ4v) is 1.69. The zero-order chi connectivity index (χ0) is 13.5. The number of anilines is 1. The fourth-order valence-electron chi connectivity index (χ4n) is 1.69. The van der Waals surface area contributed by atoms with E-state index in [1.54, 1.807) is 12.1 Å². The van der Waals surface area contributed by atoms with Crippen molar-refractivity contribution in [3.63, 3.8) is 0 Å². The molecule has 4 nitrogen and oxygen atoms in total. The summed E-state index contributed by atoms with van der Waals surface area (Å²) in [4.78, 5) is 21.6. The molecule has 2 rings (SSSR count). The molecule has 0 spiro atoms. The second kappa shape index (κ2) is 6.91. The van der Waals surface area contributed by atoms with Crippen LogP contribution in [-0.2, 0) is 16.1 Å². The third-order valence-electron chi connectivity index (χ3n) is 2.88. The van der Waals surface area contributed by atoms with Crippen LogP contribution in [-0.4, -0.2) is 12.1 Å². The molecule has 4 heteroatoms. The number of unbranched alkanes of at least 4 members (excludes halogenated alkanes) is 1. The minimum absolute atomic E-state index is 0.343. The molecule has 18 heavy (non-hydrogen) atoms. The van der Waals surface area contributed by atoms with Crippen molar-refractivity contribution in [2.24, 2.45) is 0 Å². The first-order valence-corrected chi connectivity index (χ1v) is 6.24. The number of nitrogens with two attached hydrogens (primary N) is 1. The molecule has 1 atom stereocenters. The maximum Gasteiger partial charge on any atom is 0.216 e. The van der Waals surface area contributed by atoms with Crippen molar-refractivity contribution >= 4 is 17.8 Å². The summed E-state index contributed by atoms with van der Waals surface area (Å²) in [6, 6.07) is 4.89. The second-order valence-corrected chi connectivity index (χ2v) is 4.29. The average Bonchev–Trinajstić information content (AvgIpc) is 2.81. The Morgan fingerprint density at radius 2 is 2.11 bits per heavy atom. The van der Waals surface area contributed by atoms with E-state index in [1.807, 2.05) is 6.07 Å². The van der Waals surface area contributed by atoms with E-state index >= 15 is 0 Å². The molecule has 0 radical (unpaired) electrons. The first-order chi connectivity index (χ1) is 8.63. The minimum atomic E-state index is -0.508. The third-order valence-corrected chi connectivity index (χ3v) is 2.88. The smallest absolute Gasteiger partial charge is 0.216 e. The van der Waals surface area contributed by atoms with Crippen molar-refractivity contribution in [2.75, 3.05) is 5.73 Å². The first kappa shape index (κ1) is 14.4. The Labute approximate surface area is 108 Å². The van der Waals surface area contributed by atoms with Crippen LogP contribution in [0.3, 0.4) is 0 Å². The summed E-state index contributed by atoms with van der Waals surface area (Å²) < 4.78 is 0. The predicted molar refractivity (Wildman–Crippen MR) is 72.1 cm³/mol. The van der Waals surface area contributed by atoms with Gasteiger partial charge in [0, 0.05) is 12.2 Å². The number of carbonyl (C=O) groups excluding carboxylic acids is 2. The predicted octanol–water partition coefficient (Wildman–Crippen LogP) is 1.99. The number of Topliss-reactive ketones (excluding diaryl/α,β-unsaturated/α-hetero) is 1. The Morgan fingerprint density at radius 1 is 1.44 bits per heavy atom. The van der Waals surface area contributed by atoms with Gasteiger partial charge < -0.3 is 5.73 Å². The molecule has 1 unspecified atom stereocenters. The highest BCUT2D eigenvalue weighted by Gasteiger charge is 2.27. The van der Waals surface area contributed by atoms with Gasteiger partial charge in [-0.1, -0.05) is 32.8 Å². The Kier molecular flexibility index (Phi) is 5.52. The van der Waals surface area contributed by atoms with E-state index in [0.717, 1.165) is 11.1 Å². The van der Waals surface area contributed by atoms with E-state index in [9.17, 15) is 9.59 Å². The number of ketones is 1. The van der Waals surface area contributed by atoms with E-state index in [0.29, 0.717) is 18.5 Å². The van der Waals surface area contributed by atoms with Crippen LogP contribution in [0.1, 0.15) is 43.9 Å². The molecule has 0 saturated carbocycles. The monoisotopic (exact) mass is 248 g/mol. The van der Waals surface area contributed by atoms with Gasteiger partial charge in [0.1, 0.15) is 0 Å². The van der Waals surface area contributed by atoms with Gasteiger partial charge in [-0.2, -0.15) is 0 Å². The molecule has 0 amide bonds. The van der Waals surface area contributed by atoms with E-state index in [2.05, 4.69) is 19.2 Å².